The molecule has 1 aliphatic rings. The van der Waals surface area contributed by atoms with E-state index in [1.807, 2.05) is 18.2 Å². The molecule has 2 aromatic rings. The first kappa shape index (κ1) is 20.5. The van der Waals surface area contributed by atoms with E-state index in [1.54, 1.807) is 6.92 Å². The van der Waals surface area contributed by atoms with E-state index < -0.39 is 16.0 Å². The summed E-state index contributed by atoms with van der Waals surface area (Å²) in [4.78, 5) is 13.3. The molecule has 3 rings (SSSR count). The maximum absolute atomic E-state index is 12.9. The van der Waals surface area contributed by atoms with E-state index in [4.69, 9.17) is 4.74 Å². The quantitative estimate of drug-likeness (QED) is 0.743. The number of nitrogens with zero attached hydrogens (tertiary/aromatic N) is 1. The third kappa shape index (κ3) is 4.43. The molecular formula is C21H27N2O4S+. The molecule has 2 aromatic carbocycles. The number of sulfonamides is 1. The Morgan fingerprint density at radius 3 is 2.25 bits per heavy atom. The Balaban J connectivity index is 1.65. The highest BCUT2D eigenvalue weighted by Crippen LogP contribution is 2.17. The average Bonchev–Trinajstić information content (AvgIpc) is 2.74. The van der Waals surface area contributed by atoms with Gasteiger partial charge in [0.15, 0.2) is 0 Å². The van der Waals surface area contributed by atoms with Gasteiger partial charge >= 0.3 is 5.97 Å². The van der Waals surface area contributed by atoms with E-state index >= 15 is 0 Å². The highest BCUT2D eigenvalue weighted by Gasteiger charge is 2.32. The van der Waals surface area contributed by atoms with Crippen LogP contribution in [0.4, 0.5) is 0 Å². The topological polar surface area (TPSA) is 68.1 Å². The number of rotatable bonds is 6. The van der Waals surface area contributed by atoms with Gasteiger partial charge in [0.2, 0.25) is 10.0 Å². The smallest absolute Gasteiger partial charge is 0.338 e. The van der Waals surface area contributed by atoms with E-state index in [2.05, 4.69) is 19.1 Å². The number of ether oxygens (including phenoxy) is 1. The van der Waals surface area contributed by atoms with Gasteiger partial charge in [0.25, 0.3) is 0 Å². The van der Waals surface area contributed by atoms with Crippen LogP contribution in [-0.2, 0) is 14.8 Å². The molecule has 1 fully saturated rings. The molecule has 0 amide bonds. The van der Waals surface area contributed by atoms with Crippen molar-refractivity contribution in [1.29, 1.82) is 0 Å². The number of carbonyl (C=O) groups is 1. The van der Waals surface area contributed by atoms with Crippen LogP contribution in [0.5, 0.6) is 0 Å². The van der Waals surface area contributed by atoms with E-state index in [-0.39, 0.29) is 11.5 Å². The van der Waals surface area contributed by atoms with E-state index in [0.29, 0.717) is 24.7 Å². The van der Waals surface area contributed by atoms with Crippen LogP contribution in [0, 0.1) is 0 Å². The molecule has 28 heavy (non-hydrogen) atoms. The van der Waals surface area contributed by atoms with Gasteiger partial charge in [-0.1, -0.05) is 30.3 Å². The summed E-state index contributed by atoms with van der Waals surface area (Å²) in [5, 5.41) is 0. The van der Waals surface area contributed by atoms with Crippen LogP contribution in [0.3, 0.4) is 0 Å². The number of hydrogen-bond acceptors (Lipinski definition) is 4. The predicted molar refractivity (Wildman–Crippen MR) is 107 cm³/mol. The Kier molecular flexibility index (Phi) is 6.49. The van der Waals surface area contributed by atoms with Crippen molar-refractivity contribution < 1.29 is 22.8 Å². The standard InChI is InChI=1S/C21H26N2O4S/c1-3-27-21(24)19-9-11-20(12-10-19)28(25,26)23-15-13-22(14-16-23)17(2)18-7-5-4-6-8-18/h4-12,17H,3,13-16H2,1-2H3/p+1/t17-/m1/s1. The molecule has 1 heterocycles. The summed E-state index contributed by atoms with van der Waals surface area (Å²) < 4.78 is 32.4. The van der Waals surface area contributed by atoms with E-state index in [1.165, 1.54) is 39.0 Å². The molecule has 0 aliphatic carbocycles. The Labute approximate surface area is 166 Å². The molecule has 1 atom stereocenters. The lowest BCUT2D eigenvalue weighted by atomic mass is 10.1. The Morgan fingerprint density at radius 1 is 1.07 bits per heavy atom. The van der Waals surface area contributed by atoms with Gasteiger partial charge in [0, 0.05) is 5.56 Å². The first-order valence-corrected chi connectivity index (χ1v) is 11.0. The number of carbonyl (C=O) groups excluding carboxylic acids is 1. The first-order chi connectivity index (χ1) is 13.4. The fourth-order valence-electron chi connectivity index (χ4n) is 3.55. The molecule has 0 aromatic heterocycles. The monoisotopic (exact) mass is 403 g/mol. The van der Waals surface area contributed by atoms with Crippen LogP contribution in [0.25, 0.3) is 0 Å². The van der Waals surface area contributed by atoms with Gasteiger partial charge in [0.1, 0.15) is 6.04 Å². The average molecular weight is 404 g/mol. The number of piperazine rings is 1. The summed E-state index contributed by atoms with van der Waals surface area (Å²) in [7, 11) is -3.56. The number of quaternary nitrogens is 1. The molecule has 0 saturated carbocycles. The molecule has 0 radical (unpaired) electrons. The molecule has 1 N–H and O–H groups in total. The zero-order chi connectivity index (χ0) is 20.1. The van der Waals surface area contributed by atoms with Crippen LogP contribution in [0.15, 0.2) is 59.5 Å². The minimum absolute atomic E-state index is 0.208. The molecule has 150 valence electrons. The molecule has 0 unspecified atom stereocenters. The third-order valence-electron chi connectivity index (χ3n) is 5.28. The van der Waals surface area contributed by atoms with Crippen molar-refractivity contribution in [2.45, 2.75) is 24.8 Å². The van der Waals surface area contributed by atoms with Gasteiger partial charge < -0.3 is 9.64 Å². The van der Waals surface area contributed by atoms with Crippen LogP contribution >= 0.6 is 0 Å². The maximum atomic E-state index is 12.9. The van der Waals surface area contributed by atoms with E-state index in [9.17, 15) is 13.2 Å². The first-order valence-electron chi connectivity index (χ1n) is 9.60. The van der Waals surface area contributed by atoms with Gasteiger partial charge in [-0.3, -0.25) is 0 Å². The van der Waals surface area contributed by atoms with Crippen molar-refractivity contribution >= 4 is 16.0 Å². The molecule has 6 nitrogen and oxygen atoms in total. The fourth-order valence-corrected chi connectivity index (χ4v) is 4.99. The van der Waals surface area contributed by atoms with Crippen molar-refractivity contribution in [2.75, 3.05) is 32.8 Å². The molecular weight excluding hydrogens is 376 g/mol. The molecule has 7 heteroatoms. The lowest BCUT2D eigenvalue weighted by Gasteiger charge is -2.35. The second kappa shape index (κ2) is 8.86. The van der Waals surface area contributed by atoms with Crippen LogP contribution in [-0.4, -0.2) is 51.5 Å². The number of nitrogens with one attached hydrogen (secondary N) is 1. The highest BCUT2D eigenvalue weighted by atomic mass is 32.2. The maximum Gasteiger partial charge on any atom is 0.338 e. The minimum Gasteiger partial charge on any atom is -0.462 e. The SMILES string of the molecule is CCOC(=O)c1ccc(S(=O)(=O)N2CC[NH+]([C@H](C)c3ccccc3)CC2)cc1. The summed E-state index contributed by atoms with van der Waals surface area (Å²) in [5.41, 5.74) is 1.62. The zero-order valence-electron chi connectivity index (χ0n) is 16.3. The van der Waals surface area contributed by atoms with Gasteiger partial charge in [-0.2, -0.15) is 4.31 Å². The Morgan fingerprint density at radius 2 is 1.68 bits per heavy atom. The van der Waals surface area contributed by atoms with Crippen molar-refractivity contribution in [1.82, 2.24) is 4.31 Å². The number of hydrogen-bond donors (Lipinski definition) is 1. The van der Waals surface area contributed by atoms with Crippen molar-refractivity contribution in [3.63, 3.8) is 0 Å². The van der Waals surface area contributed by atoms with Crippen molar-refractivity contribution in [2.24, 2.45) is 0 Å². The van der Waals surface area contributed by atoms with Gasteiger partial charge in [-0.05, 0) is 38.1 Å². The third-order valence-corrected chi connectivity index (χ3v) is 7.19. The van der Waals surface area contributed by atoms with Crippen molar-refractivity contribution in [3.8, 4) is 0 Å². The van der Waals surface area contributed by atoms with E-state index in [0.717, 1.165) is 13.1 Å². The Bertz CT molecular complexity index is 890. The Hall–Kier alpha value is -2.22. The summed E-state index contributed by atoms with van der Waals surface area (Å²) >= 11 is 0. The number of esters is 1. The van der Waals surface area contributed by atoms with Gasteiger partial charge in [-0.25, -0.2) is 13.2 Å². The molecule has 0 spiro atoms. The second-order valence-corrected chi connectivity index (χ2v) is 8.88. The summed E-state index contributed by atoms with van der Waals surface area (Å²) in [6, 6.07) is 16.6. The fraction of sp³-hybridized carbons (Fsp3) is 0.381. The molecule has 1 aliphatic heterocycles. The largest absolute Gasteiger partial charge is 0.462 e. The normalized spacial score (nSPS) is 17.2. The van der Waals surface area contributed by atoms with Gasteiger partial charge in [0.05, 0.1) is 43.2 Å². The van der Waals surface area contributed by atoms with Crippen molar-refractivity contribution in [3.05, 3.63) is 65.7 Å². The lowest BCUT2D eigenvalue weighted by molar-refractivity contribution is -0.933. The summed E-state index contributed by atoms with van der Waals surface area (Å²) in [5.74, 6) is -0.446. The summed E-state index contributed by atoms with van der Waals surface area (Å²) in [6.45, 7) is 6.68. The van der Waals surface area contributed by atoms with Crippen LogP contribution in [0.1, 0.15) is 35.8 Å². The van der Waals surface area contributed by atoms with Crippen LogP contribution < -0.4 is 4.90 Å². The van der Waals surface area contributed by atoms with Gasteiger partial charge in [-0.15, -0.1) is 0 Å². The summed E-state index contributed by atoms with van der Waals surface area (Å²) in [6.07, 6.45) is 0. The predicted octanol–water partition coefficient (Wildman–Crippen LogP) is 1.51. The van der Waals surface area contributed by atoms with Crippen LogP contribution in [0.2, 0.25) is 0 Å². The zero-order valence-corrected chi connectivity index (χ0v) is 17.1. The second-order valence-electron chi connectivity index (χ2n) is 6.94. The number of benzene rings is 2. The highest BCUT2D eigenvalue weighted by molar-refractivity contribution is 7.89. The minimum atomic E-state index is -3.56. The lowest BCUT2D eigenvalue weighted by Crippen LogP contribution is -3.14. The molecule has 0 bridgehead atoms. The molecule has 1 saturated heterocycles.